The van der Waals surface area contributed by atoms with E-state index in [0.29, 0.717) is 5.69 Å². The van der Waals surface area contributed by atoms with Crippen molar-refractivity contribution in [3.8, 4) is 0 Å². The molecule has 0 amide bonds. The first-order chi connectivity index (χ1) is 15.8. The average Bonchev–Trinajstić information content (AvgIpc) is 2.81. The molecule has 0 aliphatic rings. The fourth-order valence-electron chi connectivity index (χ4n) is 3.22. The number of nitrogens with zero attached hydrogens (tertiary/aromatic N) is 3. The molecule has 0 saturated heterocycles. The van der Waals surface area contributed by atoms with Gasteiger partial charge in [0.25, 0.3) is 0 Å². The van der Waals surface area contributed by atoms with Crippen molar-refractivity contribution in [3.63, 3.8) is 0 Å². The first-order valence-corrected chi connectivity index (χ1v) is 11.6. The smallest absolute Gasteiger partial charge is 0.354 e. The summed E-state index contributed by atoms with van der Waals surface area (Å²) in [6.45, 7) is 3.65. The highest BCUT2D eigenvalue weighted by molar-refractivity contribution is 7.99. The third-order valence-electron chi connectivity index (χ3n) is 5.03. The number of methoxy groups -OCH3 is 1. The van der Waals surface area contributed by atoms with Gasteiger partial charge in [0.2, 0.25) is 5.95 Å². The third kappa shape index (κ3) is 6.04. The molecule has 0 radical (unpaired) electrons. The van der Waals surface area contributed by atoms with E-state index in [1.807, 2.05) is 61.7 Å². The van der Waals surface area contributed by atoms with Gasteiger partial charge in [0, 0.05) is 24.2 Å². The number of aryl methyl sites for hydroxylation is 1. The molecule has 1 atom stereocenters. The van der Waals surface area contributed by atoms with Crippen LogP contribution in [0.25, 0.3) is 0 Å². The van der Waals surface area contributed by atoms with Gasteiger partial charge in [-0.05, 0) is 36.8 Å². The number of carbonyl (C=O) groups excluding carboxylic acids is 1. The number of benzene rings is 2. The second kappa shape index (κ2) is 10.9. The Morgan fingerprint density at radius 2 is 1.70 bits per heavy atom. The molecule has 33 heavy (non-hydrogen) atoms. The van der Waals surface area contributed by atoms with Crippen molar-refractivity contribution in [1.29, 1.82) is 0 Å². The van der Waals surface area contributed by atoms with E-state index in [9.17, 15) is 14.4 Å². The molecule has 3 rings (SSSR count). The van der Waals surface area contributed by atoms with Crippen molar-refractivity contribution in [2.45, 2.75) is 26.9 Å². The summed E-state index contributed by atoms with van der Waals surface area (Å²) in [6, 6.07) is 15.1. The molecule has 0 aliphatic carbocycles. The molecule has 0 spiro atoms. The van der Waals surface area contributed by atoms with Crippen LogP contribution in [0.5, 0.6) is 0 Å². The molecule has 1 unspecified atom stereocenters. The highest BCUT2D eigenvalue weighted by atomic mass is 32.2. The summed E-state index contributed by atoms with van der Waals surface area (Å²) in [4.78, 5) is 42.0. The van der Waals surface area contributed by atoms with E-state index in [2.05, 4.69) is 15.0 Å². The van der Waals surface area contributed by atoms with Crippen LogP contribution in [-0.4, -0.2) is 33.5 Å². The summed E-state index contributed by atoms with van der Waals surface area (Å²) in [5.41, 5.74) is 2.27. The van der Waals surface area contributed by atoms with Crippen molar-refractivity contribution in [2.75, 3.05) is 23.4 Å². The molecule has 0 fully saturated rings. The minimum atomic E-state index is -0.737. The minimum Gasteiger partial charge on any atom is -0.469 e. The van der Waals surface area contributed by atoms with Crippen LogP contribution in [0.1, 0.15) is 18.1 Å². The summed E-state index contributed by atoms with van der Waals surface area (Å²) < 4.78 is 10.2. The van der Waals surface area contributed by atoms with Gasteiger partial charge in [-0.3, -0.25) is 9.36 Å². The number of nitrogens with one attached hydrogen (secondary N) is 2. The molecule has 1 heterocycles. The fourth-order valence-corrected chi connectivity index (χ4v) is 3.59. The van der Waals surface area contributed by atoms with E-state index >= 15 is 0 Å². The first kappa shape index (κ1) is 24.1. The molecule has 9 nitrogen and oxygen atoms in total. The monoisotopic (exact) mass is 469 g/mol. The van der Waals surface area contributed by atoms with E-state index < -0.39 is 23.3 Å². The zero-order valence-corrected chi connectivity index (χ0v) is 19.8. The second-order valence-corrected chi connectivity index (χ2v) is 8.23. The van der Waals surface area contributed by atoms with Gasteiger partial charge in [-0.15, -0.1) is 0 Å². The molecule has 10 heteroatoms. The van der Waals surface area contributed by atoms with Crippen LogP contribution < -0.4 is 21.4 Å². The summed E-state index contributed by atoms with van der Waals surface area (Å²) in [5.74, 6) is -1.06. The maximum absolute atomic E-state index is 13.3. The molecular formula is C23H27N5O4S. The van der Waals surface area contributed by atoms with Crippen LogP contribution >= 0.6 is 11.9 Å². The lowest BCUT2D eigenvalue weighted by atomic mass is 10.1. The van der Waals surface area contributed by atoms with Crippen molar-refractivity contribution in [1.82, 2.24) is 14.1 Å². The van der Waals surface area contributed by atoms with Crippen molar-refractivity contribution in [2.24, 2.45) is 5.92 Å². The molecule has 3 aromatic rings. The Hall–Kier alpha value is -3.53. The lowest BCUT2D eigenvalue weighted by Gasteiger charge is -2.17. The Labute approximate surface area is 196 Å². The van der Waals surface area contributed by atoms with Crippen LogP contribution in [0.2, 0.25) is 0 Å². The SMILES string of the molecule is COC(=O)C(C)Cn1c(=O)nc(Nc2ccc(NSC)cc2)n(Cc2ccc(C)cc2)c1=O. The standard InChI is InChI=1S/C23H27N5O4S/c1-15-5-7-17(8-6-15)14-27-21(24-18-9-11-19(12-10-18)26-33-4)25-22(30)28(23(27)31)13-16(2)20(29)32-3/h5-12,16,26H,13-14H2,1-4H3,(H,24,25,30). The fraction of sp³-hybridized carbons (Fsp3) is 0.304. The third-order valence-corrected chi connectivity index (χ3v) is 5.47. The van der Waals surface area contributed by atoms with E-state index in [0.717, 1.165) is 21.4 Å². The Morgan fingerprint density at radius 3 is 2.30 bits per heavy atom. The van der Waals surface area contributed by atoms with Gasteiger partial charge in [-0.25, -0.2) is 14.2 Å². The Morgan fingerprint density at radius 1 is 1.06 bits per heavy atom. The summed E-state index contributed by atoms with van der Waals surface area (Å²) in [7, 11) is 1.27. The highest BCUT2D eigenvalue weighted by Crippen LogP contribution is 2.19. The van der Waals surface area contributed by atoms with Crippen LogP contribution in [0.15, 0.2) is 58.1 Å². The van der Waals surface area contributed by atoms with Crippen LogP contribution in [0.3, 0.4) is 0 Å². The minimum absolute atomic E-state index is 0.123. The predicted molar refractivity (Wildman–Crippen MR) is 131 cm³/mol. The quantitative estimate of drug-likeness (QED) is 0.364. The number of hydrogen-bond acceptors (Lipinski definition) is 8. The van der Waals surface area contributed by atoms with Crippen molar-refractivity contribution < 1.29 is 9.53 Å². The first-order valence-electron chi connectivity index (χ1n) is 10.3. The number of rotatable bonds is 9. The van der Waals surface area contributed by atoms with Gasteiger partial charge in [0.1, 0.15) is 0 Å². The van der Waals surface area contributed by atoms with Gasteiger partial charge >= 0.3 is 17.3 Å². The second-order valence-electron chi connectivity index (χ2n) is 7.62. The van der Waals surface area contributed by atoms with Crippen LogP contribution in [0.4, 0.5) is 17.3 Å². The Balaban J connectivity index is 2.03. The number of esters is 1. The number of hydrogen-bond donors (Lipinski definition) is 2. The van der Waals surface area contributed by atoms with Crippen molar-refractivity contribution in [3.05, 3.63) is 80.6 Å². The van der Waals surface area contributed by atoms with Crippen LogP contribution in [0, 0.1) is 12.8 Å². The van der Waals surface area contributed by atoms with Crippen molar-refractivity contribution >= 4 is 35.2 Å². The number of carbonyl (C=O) groups is 1. The van der Waals surface area contributed by atoms with Gasteiger partial charge in [0.05, 0.1) is 19.6 Å². The normalized spacial score (nSPS) is 11.6. The molecule has 174 valence electrons. The summed E-state index contributed by atoms with van der Waals surface area (Å²) in [6.07, 6.45) is 1.93. The molecular weight excluding hydrogens is 442 g/mol. The Bertz CT molecular complexity index is 1220. The largest absolute Gasteiger partial charge is 0.469 e. The topological polar surface area (TPSA) is 107 Å². The highest BCUT2D eigenvalue weighted by Gasteiger charge is 2.20. The summed E-state index contributed by atoms with van der Waals surface area (Å²) in [5, 5.41) is 3.08. The van der Waals surface area contributed by atoms with E-state index in [1.165, 1.54) is 23.6 Å². The molecule has 2 N–H and O–H groups in total. The predicted octanol–water partition coefficient (Wildman–Crippen LogP) is 3.00. The van der Waals surface area contributed by atoms with E-state index in [1.54, 1.807) is 6.92 Å². The van der Waals surface area contributed by atoms with E-state index in [-0.39, 0.29) is 19.0 Å². The van der Waals surface area contributed by atoms with Gasteiger partial charge in [-0.2, -0.15) is 4.98 Å². The molecule has 2 aromatic carbocycles. The number of ether oxygens (including phenoxy) is 1. The van der Waals surface area contributed by atoms with Gasteiger partial charge in [0.15, 0.2) is 0 Å². The lowest BCUT2D eigenvalue weighted by Crippen LogP contribution is -2.44. The van der Waals surface area contributed by atoms with Crippen LogP contribution in [-0.2, 0) is 22.6 Å². The lowest BCUT2D eigenvalue weighted by molar-refractivity contribution is -0.145. The van der Waals surface area contributed by atoms with Gasteiger partial charge < -0.3 is 14.8 Å². The molecule has 1 aromatic heterocycles. The van der Waals surface area contributed by atoms with Gasteiger partial charge in [-0.1, -0.05) is 48.7 Å². The maximum atomic E-state index is 13.3. The molecule has 0 aliphatic heterocycles. The zero-order valence-electron chi connectivity index (χ0n) is 19.0. The molecule has 0 bridgehead atoms. The summed E-state index contributed by atoms with van der Waals surface area (Å²) >= 11 is 1.48. The molecule has 0 saturated carbocycles. The van der Waals surface area contributed by atoms with E-state index in [4.69, 9.17) is 4.74 Å². The Kier molecular flexibility index (Phi) is 7.94. The average molecular weight is 470 g/mol. The maximum Gasteiger partial charge on any atom is 0.354 e. The number of anilines is 3. The number of aromatic nitrogens is 3. The zero-order chi connectivity index (χ0) is 24.0.